The molecule has 1 aromatic heterocycles. The van der Waals surface area contributed by atoms with E-state index in [9.17, 15) is 0 Å². The number of aliphatic imine (C=N–C) groups is 1. The summed E-state index contributed by atoms with van der Waals surface area (Å²) in [5.41, 5.74) is 7.03. The summed E-state index contributed by atoms with van der Waals surface area (Å²) in [6.07, 6.45) is 1.87. The molecule has 0 aliphatic carbocycles. The molecule has 6 nitrogen and oxygen atoms in total. The van der Waals surface area contributed by atoms with Crippen LogP contribution in [0, 0.1) is 5.92 Å². The third kappa shape index (κ3) is 6.80. The maximum atomic E-state index is 5.89. The van der Waals surface area contributed by atoms with E-state index >= 15 is 0 Å². The SMILES string of the molecule is CCN1CCN(c2cc(CN=C(N)NCC(C)C)ccn2)CC1.I. The number of hydrogen-bond acceptors (Lipinski definition) is 4. The minimum atomic E-state index is 0. The summed E-state index contributed by atoms with van der Waals surface area (Å²) < 4.78 is 0. The van der Waals surface area contributed by atoms with E-state index in [1.54, 1.807) is 0 Å². The molecule has 2 rings (SSSR count). The number of nitrogens with zero attached hydrogens (tertiary/aromatic N) is 4. The van der Waals surface area contributed by atoms with Crippen LogP contribution in [0.3, 0.4) is 0 Å². The van der Waals surface area contributed by atoms with E-state index in [0.29, 0.717) is 18.4 Å². The first-order chi connectivity index (χ1) is 11.1. The third-order valence-corrected chi connectivity index (χ3v) is 4.08. The van der Waals surface area contributed by atoms with Crippen molar-refractivity contribution in [3.63, 3.8) is 0 Å². The summed E-state index contributed by atoms with van der Waals surface area (Å²) in [6, 6.07) is 4.13. The van der Waals surface area contributed by atoms with Gasteiger partial charge in [-0.15, -0.1) is 24.0 Å². The molecule has 136 valence electrons. The van der Waals surface area contributed by atoms with Crippen molar-refractivity contribution in [2.24, 2.45) is 16.6 Å². The maximum Gasteiger partial charge on any atom is 0.188 e. The molecule has 0 aromatic carbocycles. The Morgan fingerprint density at radius 1 is 1.33 bits per heavy atom. The van der Waals surface area contributed by atoms with Gasteiger partial charge in [0.1, 0.15) is 5.82 Å². The van der Waals surface area contributed by atoms with Gasteiger partial charge in [-0.3, -0.25) is 0 Å². The van der Waals surface area contributed by atoms with Crippen molar-refractivity contribution in [2.45, 2.75) is 27.3 Å². The highest BCUT2D eigenvalue weighted by molar-refractivity contribution is 14.0. The minimum Gasteiger partial charge on any atom is -0.370 e. The predicted octanol–water partition coefficient (Wildman–Crippen LogP) is 1.90. The Bertz CT molecular complexity index is 512. The van der Waals surface area contributed by atoms with E-state index in [-0.39, 0.29) is 24.0 Å². The molecule has 0 amide bonds. The lowest BCUT2D eigenvalue weighted by atomic mass is 10.2. The largest absolute Gasteiger partial charge is 0.370 e. The summed E-state index contributed by atoms with van der Waals surface area (Å²) >= 11 is 0. The molecule has 0 unspecified atom stereocenters. The van der Waals surface area contributed by atoms with Gasteiger partial charge in [-0.1, -0.05) is 20.8 Å². The van der Waals surface area contributed by atoms with Crippen LogP contribution in [0.25, 0.3) is 0 Å². The van der Waals surface area contributed by atoms with Gasteiger partial charge in [-0.05, 0) is 30.2 Å². The predicted molar refractivity (Wildman–Crippen MR) is 112 cm³/mol. The fourth-order valence-corrected chi connectivity index (χ4v) is 2.57. The number of guanidine groups is 1. The summed E-state index contributed by atoms with van der Waals surface area (Å²) in [7, 11) is 0. The molecule has 1 saturated heterocycles. The van der Waals surface area contributed by atoms with Crippen LogP contribution >= 0.6 is 24.0 Å². The van der Waals surface area contributed by atoms with Crippen molar-refractivity contribution in [1.29, 1.82) is 0 Å². The van der Waals surface area contributed by atoms with Gasteiger partial charge < -0.3 is 20.9 Å². The third-order valence-electron chi connectivity index (χ3n) is 4.08. The smallest absolute Gasteiger partial charge is 0.188 e. The minimum absolute atomic E-state index is 0. The number of nitrogens with one attached hydrogen (secondary N) is 1. The van der Waals surface area contributed by atoms with Gasteiger partial charge in [0.15, 0.2) is 5.96 Å². The fraction of sp³-hybridized carbons (Fsp3) is 0.647. The van der Waals surface area contributed by atoms with Gasteiger partial charge >= 0.3 is 0 Å². The van der Waals surface area contributed by atoms with E-state index in [4.69, 9.17) is 5.73 Å². The normalized spacial score (nSPS) is 16.2. The second-order valence-electron chi connectivity index (χ2n) is 6.42. The van der Waals surface area contributed by atoms with Crippen molar-refractivity contribution in [1.82, 2.24) is 15.2 Å². The van der Waals surface area contributed by atoms with Gasteiger partial charge in [-0.25, -0.2) is 9.98 Å². The van der Waals surface area contributed by atoms with Crippen LogP contribution in [0.1, 0.15) is 26.3 Å². The molecule has 0 radical (unpaired) electrons. The number of piperazine rings is 1. The molecule has 1 aliphatic heterocycles. The summed E-state index contributed by atoms with van der Waals surface area (Å²) in [4.78, 5) is 13.7. The first-order valence-electron chi connectivity index (χ1n) is 8.54. The topological polar surface area (TPSA) is 69.8 Å². The van der Waals surface area contributed by atoms with Crippen molar-refractivity contribution < 1.29 is 0 Å². The molecular weight excluding hydrogens is 415 g/mol. The standard InChI is InChI=1S/C17H30N6.HI/c1-4-22-7-9-23(10-8-22)16-11-15(5-6-19-16)13-21-17(18)20-12-14(2)3;/h5-6,11,14H,4,7-10,12-13H2,1-3H3,(H3,18,20,21);1H. The Kier molecular flexibility index (Phi) is 9.35. The maximum absolute atomic E-state index is 5.89. The number of rotatable bonds is 6. The Morgan fingerprint density at radius 2 is 2.04 bits per heavy atom. The monoisotopic (exact) mass is 446 g/mol. The summed E-state index contributed by atoms with van der Waals surface area (Å²) in [6.45, 7) is 13.3. The average molecular weight is 446 g/mol. The zero-order valence-electron chi connectivity index (χ0n) is 15.0. The molecule has 3 N–H and O–H groups in total. The zero-order valence-corrected chi connectivity index (χ0v) is 17.4. The Labute approximate surface area is 162 Å². The molecular formula is C17H31IN6. The van der Waals surface area contributed by atoms with Crippen LogP contribution in [0.15, 0.2) is 23.3 Å². The van der Waals surface area contributed by atoms with Gasteiger partial charge in [0.25, 0.3) is 0 Å². The number of aromatic nitrogens is 1. The van der Waals surface area contributed by atoms with E-state index in [2.05, 4.69) is 51.9 Å². The first-order valence-corrected chi connectivity index (χ1v) is 8.54. The number of halogens is 1. The van der Waals surface area contributed by atoms with E-state index in [0.717, 1.165) is 50.6 Å². The highest BCUT2D eigenvalue weighted by Gasteiger charge is 2.16. The van der Waals surface area contributed by atoms with Crippen molar-refractivity contribution in [3.8, 4) is 0 Å². The van der Waals surface area contributed by atoms with Crippen LogP contribution < -0.4 is 16.0 Å². The fourth-order valence-electron chi connectivity index (χ4n) is 2.57. The lowest BCUT2D eigenvalue weighted by Crippen LogP contribution is -2.46. The van der Waals surface area contributed by atoms with Crippen LogP contribution in [0.2, 0.25) is 0 Å². The van der Waals surface area contributed by atoms with Crippen molar-refractivity contribution in [2.75, 3.05) is 44.2 Å². The van der Waals surface area contributed by atoms with Gasteiger partial charge in [0, 0.05) is 38.9 Å². The number of likely N-dealkylation sites (N-methyl/N-ethyl adjacent to an activating group) is 1. The molecule has 0 atom stereocenters. The number of nitrogens with two attached hydrogens (primary N) is 1. The number of pyridine rings is 1. The second-order valence-corrected chi connectivity index (χ2v) is 6.42. The number of anilines is 1. The molecule has 7 heteroatoms. The van der Waals surface area contributed by atoms with E-state index in [1.165, 1.54) is 0 Å². The van der Waals surface area contributed by atoms with E-state index < -0.39 is 0 Å². The Balaban J connectivity index is 0.00000288. The number of hydrogen-bond donors (Lipinski definition) is 2. The van der Waals surface area contributed by atoms with E-state index in [1.807, 2.05) is 12.3 Å². The second kappa shape index (κ2) is 10.7. The summed E-state index contributed by atoms with van der Waals surface area (Å²) in [5.74, 6) is 2.11. The molecule has 0 saturated carbocycles. The zero-order chi connectivity index (χ0) is 16.7. The lowest BCUT2D eigenvalue weighted by molar-refractivity contribution is 0.270. The molecule has 0 spiro atoms. The van der Waals surface area contributed by atoms with Crippen molar-refractivity contribution >= 4 is 35.8 Å². The molecule has 1 aliphatic rings. The van der Waals surface area contributed by atoms with Crippen LogP contribution in [0.4, 0.5) is 5.82 Å². The van der Waals surface area contributed by atoms with Crippen LogP contribution in [0.5, 0.6) is 0 Å². The molecule has 1 fully saturated rings. The Morgan fingerprint density at radius 3 is 2.67 bits per heavy atom. The van der Waals surface area contributed by atoms with Gasteiger partial charge in [-0.2, -0.15) is 0 Å². The molecule has 24 heavy (non-hydrogen) atoms. The Hall–Kier alpha value is -1.09. The van der Waals surface area contributed by atoms with Crippen LogP contribution in [-0.2, 0) is 6.54 Å². The first kappa shape index (κ1) is 21.0. The highest BCUT2D eigenvalue weighted by atomic mass is 127. The lowest BCUT2D eigenvalue weighted by Gasteiger charge is -2.34. The quantitative estimate of drug-likeness (QED) is 0.397. The van der Waals surface area contributed by atoms with Gasteiger partial charge in [0.05, 0.1) is 6.54 Å². The van der Waals surface area contributed by atoms with Gasteiger partial charge in [0.2, 0.25) is 0 Å². The highest BCUT2D eigenvalue weighted by Crippen LogP contribution is 2.15. The molecule has 0 bridgehead atoms. The van der Waals surface area contributed by atoms with Crippen molar-refractivity contribution in [3.05, 3.63) is 23.9 Å². The van der Waals surface area contributed by atoms with Crippen LogP contribution in [-0.4, -0.2) is 55.1 Å². The summed E-state index contributed by atoms with van der Waals surface area (Å²) in [5, 5.41) is 3.14. The molecule has 2 heterocycles. The average Bonchev–Trinajstić information content (AvgIpc) is 2.58. The molecule has 1 aromatic rings.